The van der Waals surface area contributed by atoms with Gasteiger partial charge in [0, 0.05) is 24.0 Å². The van der Waals surface area contributed by atoms with Crippen LogP contribution in [0.15, 0.2) is 83.9 Å². The van der Waals surface area contributed by atoms with E-state index in [1.807, 2.05) is 36.8 Å². The van der Waals surface area contributed by atoms with Crippen molar-refractivity contribution in [1.82, 2.24) is 19.9 Å². The molecule has 32 heavy (non-hydrogen) atoms. The van der Waals surface area contributed by atoms with Crippen LogP contribution in [0.4, 0.5) is 0 Å². The van der Waals surface area contributed by atoms with E-state index in [1.165, 1.54) is 11.1 Å². The Hall–Kier alpha value is -3.16. The standard InChI is InChI=1S/C24H30ClN7/c1-18-5-10-23(19(2)15-18)24(28-11-4-13-31-14-12-27-17-31)20(3)32(30-29-26)16-21-6-8-22(25)9-7-21/h5-10,12,14-15,17,24,28H,3-4,11,13,16H2,1-2H3,(H2,26,30). The van der Waals surface area contributed by atoms with E-state index in [1.54, 1.807) is 11.2 Å². The fourth-order valence-corrected chi connectivity index (χ4v) is 3.77. The third-order valence-corrected chi connectivity index (χ3v) is 5.56. The van der Waals surface area contributed by atoms with Gasteiger partial charge in [-0.05, 0) is 60.9 Å². The average molecular weight is 452 g/mol. The Labute approximate surface area is 194 Å². The fraction of sp³-hybridized carbons (Fsp3) is 0.292. The second kappa shape index (κ2) is 11.5. The van der Waals surface area contributed by atoms with Crippen molar-refractivity contribution in [3.05, 3.63) is 101 Å². The predicted octanol–water partition coefficient (Wildman–Crippen LogP) is 5.13. The minimum absolute atomic E-state index is 0.142. The summed E-state index contributed by atoms with van der Waals surface area (Å²) < 4.78 is 2.07. The van der Waals surface area contributed by atoms with Gasteiger partial charge in [-0.2, -0.15) is 0 Å². The zero-order chi connectivity index (χ0) is 22.9. The molecule has 1 unspecified atom stereocenters. The number of benzene rings is 2. The first-order valence-electron chi connectivity index (χ1n) is 10.6. The maximum absolute atomic E-state index is 6.03. The number of imidazole rings is 1. The summed E-state index contributed by atoms with van der Waals surface area (Å²) in [4.78, 5) is 4.10. The normalized spacial score (nSPS) is 12.2. The Bertz CT molecular complexity index is 1030. The number of nitrogens with one attached hydrogen (secondary N) is 1. The monoisotopic (exact) mass is 451 g/mol. The lowest BCUT2D eigenvalue weighted by molar-refractivity contribution is 0.294. The highest BCUT2D eigenvalue weighted by molar-refractivity contribution is 6.30. The first kappa shape index (κ1) is 23.5. The highest BCUT2D eigenvalue weighted by atomic mass is 35.5. The van der Waals surface area contributed by atoms with E-state index in [4.69, 9.17) is 17.4 Å². The van der Waals surface area contributed by atoms with Crippen LogP contribution in [0.25, 0.3) is 0 Å². The highest BCUT2D eigenvalue weighted by Crippen LogP contribution is 2.28. The van der Waals surface area contributed by atoms with Crippen LogP contribution in [0.2, 0.25) is 5.02 Å². The molecule has 0 aliphatic heterocycles. The summed E-state index contributed by atoms with van der Waals surface area (Å²) in [6.07, 6.45) is 6.53. The number of aromatic nitrogens is 2. The Kier molecular flexibility index (Phi) is 8.41. The summed E-state index contributed by atoms with van der Waals surface area (Å²) >= 11 is 6.03. The molecule has 0 amide bonds. The van der Waals surface area contributed by atoms with Gasteiger partial charge in [0.1, 0.15) is 0 Å². The Balaban J connectivity index is 1.79. The Morgan fingerprint density at radius 1 is 1.25 bits per heavy atom. The minimum Gasteiger partial charge on any atom is -0.337 e. The van der Waals surface area contributed by atoms with Crippen LogP contribution in [0.3, 0.4) is 0 Å². The van der Waals surface area contributed by atoms with Crippen molar-refractivity contribution < 1.29 is 0 Å². The van der Waals surface area contributed by atoms with Gasteiger partial charge in [0.15, 0.2) is 0 Å². The van der Waals surface area contributed by atoms with E-state index >= 15 is 0 Å². The molecule has 3 aromatic rings. The lowest BCUT2D eigenvalue weighted by Crippen LogP contribution is -2.31. The molecule has 0 aliphatic carbocycles. The van der Waals surface area contributed by atoms with Crippen LogP contribution in [-0.4, -0.2) is 21.1 Å². The molecule has 0 aliphatic rings. The Morgan fingerprint density at radius 2 is 2.03 bits per heavy atom. The van der Waals surface area contributed by atoms with E-state index in [2.05, 4.69) is 63.9 Å². The minimum atomic E-state index is -0.142. The number of nitrogens with zero attached hydrogens (tertiary/aromatic N) is 5. The quantitative estimate of drug-likeness (QED) is 0.183. The van der Waals surface area contributed by atoms with Gasteiger partial charge >= 0.3 is 0 Å². The molecule has 0 fully saturated rings. The molecule has 3 N–H and O–H groups in total. The fourth-order valence-electron chi connectivity index (χ4n) is 3.65. The zero-order valence-electron chi connectivity index (χ0n) is 18.6. The van der Waals surface area contributed by atoms with E-state index in [0.717, 1.165) is 36.3 Å². The molecule has 7 nitrogen and oxygen atoms in total. The number of hydrogen-bond donors (Lipinski definition) is 2. The van der Waals surface area contributed by atoms with Gasteiger partial charge < -0.3 is 15.7 Å². The second-order valence-electron chi connectivity index (χ2n) is 7.78. The van der Waals surface area contributed by atoms with Crippen molar-refractivity contribution in [2.75, 3.05) is 6.54 Å². The third kappa shape index (κ3) is 6.42. The van der Waals surface area contributed by atoms with Crippen molar-refractivity contribution >= 4 is 11.6 Å². The summed E-state index contributed by atoms with van der Waals surface area (Å²) in [7, 11) is 0. The van der Waals surface area contributed by atoms with Crippen molar-refractivity contribution in [2.24, 2.45) is 16.3 Å². The first-order valence-corrected chi connectivity index (χ1v) is 10.9. The van der Waals surface area contributed by atoms with Crippen LogP contribution in [0, 0.1) is 13.8 Å². The summed E-state index contributed by atoms with van der Waals surface area (Å²) in [5, 5.41) is 13.8. The average Bonchev–Trinajstić information content (AvgIpc) is 3.29. The number of rotatable bonds is 11. The smallest absolute Gasteiger partial charge is 0.0945 e. The number of hydrogen-bond acceptors (Lipinski definition) is 4. The van der Waals surface area contributed by atoms with Gasteiger partial charge in [-0.3, -0.25) is 0 Å². The molecule has 0 spiro atoms. The van der Waals surface area contributed by atoms with Gasteiger partial charge in [-0.1, -0.05) is 59.3 Å². The Morgan fingerprint density at radius 3 is 2.69 bits per heavy atom. The van der Waals surface area contributed by atoms with Crippen LogP contribution < -0.4 is 11.2 Å². The third-order valence-electron chi connectivity index (χ3n) is 5.31. The summed E-state index contributed by atoms with van der Waals surface area (Å²) in [6.45, 7) is 10.7. The molecule has 0 bridgehead atoms. The molecule has 0 saturated heterocycles. The van der Waals surface area contributed by atoms with Crippen molar-refractivity contribution in [3.63, 3.8) is 0 Å². The maximum atomic E-state index is 6.03. The molecule has 1 heterocycles. The molecule has 2 aromatic carbocycles. The first-order chi connectivity index (χ1) is 15.5. The van der Waals surface area contributed by atoms with E-state index in [-0.39, 0.29) is 6.04 Å². The van der Waals surface area contributed by atoms with Crippen molar-refractivity contribution in [2.45, 2.75) is 39.4 Å². The van der Waals surface area contributed by atoms with Crippen LogP contribution in [0.5, 0.6) is 0 Å². The molecule has 8 heteroatoms. The van der Waals surface area contributed by atoms with Crippen molar-refractivity contribution in [1.29, 1.82) is 0 Å². The number of halogens is 1. The maximum Gasteiger partial charge on any atom is 0.0945 e. The highest BCUT2D eigenvalue weighted by Gasteiger charge is 2.22. The van der Waals surface area contributed by atoms with Crippen LogP contribution in [-0.2, 0) is 13.1 Å². The van der Waals surface area contributed by atoms with Gasteiger partial charge in [0.25, 0.3) is 0 Å². The topological polar surface area (TPSA) is 83.8 Å². The van der Waals surface area contributed by atoms with Crippen LogP contribution in [0.1, 0.15) is 34.7 Å². The molecule has 168 valence electrons. The summed E-state index contributed by atoms with van der Waals surface area (Å²) in [5.41, 5.74) is 5.35. The predicted molar refractivity (Wildman–Crippen MR) is 129 cm³/mol. The molecule has 0 radical (unpaired) electrons. The molecule has 3 rings (SSSR count). The second-order valence-corrected chi connectivity index (χ2v) is 8.22. The molecule has 1 atom stereocenters. The molecule has 1 aromatic heterocycles. The largest absolute Gasteiger partial charge is 0.337 e. The molecular weight excluding hydrogens is 422 g/mol. The molecular formula is C24H30ClN7. The number of aryl methyl sites for hydroxylation is 3. The lowest BCUT2D eigenvalue weighted by Gasteiger charge is -2.29. The summed E-state index contributed by atoms with van der Waals surface area (Å²) in [5.74, 6) is 5.43. The summed E-state index contributed by atoms with van der Waals surface area (Å²) in [6, 6.07) is 13.9. The number of nitrogens with two attached hydrogens (primary N) is 1. The van der Waals surface area contributed by atoms with Gasteiger partial charge in [0.05, 0.1) is 24.6 Å². The molecule has 0 saturated carbocycles. The zero-order valence-corrected chi connectivity index (χ0v) is 19.3. The van der Waals surface area contributed by atoms with Gasteiger partial charge in [-0.15, -0.1) is 0 Å². The van der Waals surface area contributed by atoms with Crippen molar-refractivity contribution in [3.8, 4) is 0 Å². The van der Waals surface area contributed by atoms with Gasteiger partial charge in [-0.25, -0.2) is 9.99 Å². The lowest BCUT2D eigenvalue weighted by atomic mass is 9.96. The van der Waals surface area contributed by atoms with Crippen LogP contribution >= 0.6 is 11.6 Å². The van der Waals surface area contributed by atoms with Gasteiger partial charge in [0.2, 0.25) is 0 Å². The SMILES string of the molecule is C=C(C(NCCCn1ccnc1)c1ccc(C)cc1C)N(Cc1ccc(Cl)cc1)/N=N\N. The van der Waals surface area contributed by atoms with E-state index in [9.17, 15) is 0 Å². The van der Waals surface area contributed by atoms with E-state index < -0.39 is 0 Å². The van der Waals surface area contributed by atoms with E-state index in [0.29, 0.717) is 11.6 Å².